The average molecular weight is 998 g/mol. The predicted molar refractivity (Wildman–Crippen MR) is 272 cm³/mol. The van der Waals surface area contributed by atoms with Gasteiger partial charge in [-0.2, -0.15) is 0 Å². The van der Waals surface area contributed by atoms with E-state index in [2.05, 4.69) is 39.9 Å². The SMILES string of the molecule is CC(C)(C)OC(=O)N(Cc1ccc(OCCOCc2cn(CCCCCCNCc3ccccc3)nn2)cc1)Cc1ccc2c(c1)OCCOCCOCCOc1ccccc1OCCOCCOCCO2. The number of ether oxygens (including phenoxy) is 11. The smallest absolute Gasteiger partial charge is 0.410 e. The number of carbonyl (C=O) groups excluding carboxylic acids is 1. The summed E-state index contributed by atoms with van der Waals surface area (Å²) >= 11 is 0. The third-order valence-electron chi connectivity index (χ3n) is 10.9. The summed E-state index contributed by atoms with van der Waals surface area (Å²) in [5, 5.41) is 12.1. The first-order valence-corrected chi connectivity index (χ1v) is 25.2. The molecule has 17 heteroatoms. The number of hydrogen-bond acceptors (Lipinski definition) is 15. The van der Waals surface area contributed by atoms with Crippen LogP contribution in [0.2, 0.25) is 0 Å². The van der Waals surface area contributed by atoms with Crippen LogP contribution >= 0.6 is 0 Å². The highest BCUT2D eigenvalue weighted by molar-refractivity contribution is 5.68. The molecule has 1 aliphatic heterocycles. The largest absolute Gasteiger partial charge is 0.491 e. The lowest BCUT2D eigenvalue weighted by molar-refractivity contribution is 0.0213. The standard InChI is InChI=1S/C55H75N5O12/c1-55(2,3)72-54(61)59(41-46-17-20-49(21-18-46)67-34-33-66-44-48-43-60(58-57-48)24-12-5-4-11-23-56-40-45-13-7-6-8-14-45)42-47-19-22-52-53(39-47)71-38-32-65-28-27-63-30-36-69-51-16-10-9-15-50(51)68-35-29-62-25-26-64-31-37-70-52/h6-10,13-22,39,43,56H,4-5,11-12,23-38,40-42,44H2,1-3H3. The molecular formula is C55H75N5O12. The number of hydrogen-bond donors (Lipinski definition) is 1. The molecule has 2 heterocycles. The summed E-state index contributed by atoms with van der Waals surface area (Å²) in [5.74, 6) is 3.05. The van der Waals surface area contributed by atoms with Gasteiger partial charge in [-0.05, 0) is 93.2 Å². The molecule has 0 unspecified atom stereocenters. The summed E-state index contributed by atoms with van der Waals surface area (Å²) in [4.78, 5) is 15.3. The lowest BCUT2D eigenvalue weighted by Crippen LogP contribution is -2.36. The first kappa shape index (κ1) is 55.4. The Morgan fingerprint density at radius 1 is 0.611 bits per heavy atom. The topological polar surface area (TPSA) is 165 Å². The summed E-state index contributed by atoms with van der Waals surface area (Å²) < 4.78 is 66.6. The summed E-state index contributed by atoms with van der Waals surface area (Å²) in [6.45, 7) is 14.4. The van der Waals surface area contributed by atoms with Crippen LogP contribution in [0.4, 0.5) is 4.79 Å². The molecule has 6 rings (SSSR count). The van der Waals surface area contributed by atoms with Crippen molar-refractivity contribution in [3.8, 4) is 28.7 Å². The molecule has 1 aliphatic rings. The molecule has 0 fully saturated rings. The highest BCUT2D eigenvalue weighted by atomic mass is 16.6. The Morgan fingerprint density at radius 2 is 1.17 bits per heavy atom. The van der Waals surface area contributed by atoms with Gasteiger partial charge in [-0.3, -0.25) is 9.58 Å². The van der Waals surface area contributed by atoms with Crippen LogP contribution in [0.25, 0.3) is 0 Å². The van der Waals surface area contributed by atoms with Gasteiger partial charge in [0.05, 0.1) is 72.3 Å². The van der Waals surface area contributed by atoms with E-state index in [0.717, 1.165) is 55.7 Å². The lowest BCUT2D eigenvalue weighted by atomic mass is 10.1. The van der Waals surface area contributed by atoms with Crippen molar-refractivity contribution in [2.45, 2.75) is 84.8 Å². The second-order valence-corrected chi connectivity index (χ2v) is 18.0. The molecule has 1 N–H and O–H groups in total. The van der Waals surface area contributed by atoms with E-state index in [1.54, 1.807) is 4.90 Å². The van der Waals surface area contributed by atoms with E-state index in [-0.39, 0.29) is 13.2 Å². The summed E-state index contributed by atoms with van der Waals surface area (Å²) in [6.07, 6.45) is 6.05. The van der Waals surface area contributed by atoms with Crippen LogP contribution in [-0.2, 0) is 61.2 Å². The zero-order chi connectivity index (χ0) is 50.3. The Morgan fingerprint density at radius 3 is 1.81 bits per heavy atom. The predicted octanol–water partition coefficient (Wildman–Crippen LogP) is 8.46. The molecule has 0 aliphatic carbocycles. The number of unbranched alkanes of at least 4 members (excludes halogenated alkanes) is 3. The second-order valence-electron chi connectivity index (χ2n) is 18.0. The van der Waals surface area contributed by atoms with Gasteiger partial charge in [0.25, 0.3) is 0 Å². The summed E-state index contributed by atoms with van der Waals surface area (Å²) in [7, 11) is 0. The molecule has 0 saturated carbocycles. The van der Waals surface area contributed by atoms with Crippen molar-refractivity contribution in [3.63, 3.8) is 0 Å². The van der Waals surface area contributed by atoms with Crippen LogP contribution < -0.4 is 29.0 Å². The number of carbonyl (C=O) groups is 1. The number of benzene rings is 4. The van der Waals surface area contributed by atoms with Gasteiger partial charge in [0.2, 0.25) is 0 Å². The Labute approximate surface area is 425 Å². The van der Waals surface area contributed by atoms with Crippen molar-refractivity contribution >= 4 is 6.09 Å². The second kappa shape index (κ2) is 32.2. The number of rotatable bonds is 19. The van der Waals surface area contributed by atoms with Crippen molar-refractivity contribution in [3.05, 3.63) is 126 Å². The van der Waals surface area contributed by atoms with Crippen LogP contribution in [0.15, 0.2) is 103 Å². The minimum Gasteiger partial charge on any atom is -0.491 e. The van der Waals surface area contributed by atoms with E-state index in [0.29, 0.717) is 128 Å². The molecule has 17 nitrogen and oxygen atoms in total. The zero-order valence-electron chi connectivity index (χ0n) is 42.5. The number of fused-ring (bicyclic) bond motifs is 2. The van der Waals surface area contributed by atoms with Gasteiger partial charge in [-0.25, -0.2) is 4.79 Å². The van der Waals surface area contributed by atoms with Crippen molar-refractivity contribution in [2.24, 2.45) is 0 Å². The fraction of sp³-hybridized carbons (Fsp3) is 0.509. The molecular weight excluding hydrogens is 923 g/mol. The molecule has 4 aromatic carbocycles. The average Bonchev–Trinajstić information content (AvgIpc) is 3.83. The maximum Gasteiger partial charge on any atom is 0.410 e. The van der Waals surface area contributed by atoms with Gasteiger partial charge in [0.15, 0.2) is 23.0 Å². The van der Waals surface area contributed by atoms with Crippen molar-refractivity contribution in [2.75, 3.05) is 99.0 Å². The summed E-state index contributed by atoms with van der Waals surface area (Å²) in [6, 6.07) is 31.3. The zero-order valence-corrected chi connectivity index (χ0v) is 42.5. The number of nitrogens with zero attached hydrogens (tertiary/aromatic N) is 4. The van der Waals surface area contributed by atoms with Gasteiger partial charge in [-0.15, -0.1) is 5.10 Å². The molecule has 5 aromatic rings. The van der Waals surface area contributed by atoms with Crippen molar-refractivity contribution < 1.29 is 56.9 Å². The number of aromatic nitrogens is 3. The maximum atomic E-state index is 13.7. The first-order chi connectivity index (χ1) is 35.3. The lowest BCUT2D eigenvalue weighted by Gasteiger charge is -2.28. The van der Waals surface area contributed by atoms with Crippen molar-refractivity contribution in [1.29, 1.82) is 0 Å². The van der Waals surface area contributed by atoms with E-state index < -0.39 is 11.7 Å². The molecule has 0 bridgehead atoms. The van der Waals surface area contributed by atoms with E-state index in [1.807, 2.05) is 104 Å². The molecule has 0 spiro atoms. The van der Waals surface area contributed by atoms with Gasteiger partial charge in [0.1, 0.15) is 50.1 Å². The van der Waals surface area contributed by atoms with Gasteiger partial charge < -0.3 is 57.4 Å². The van der Waals surface area contributed by atoms with E-state index in [9.17, 15) is 4.79 Å². The third kappa shape index (κ3) is 22.2. The number of nitrogens with one attached hydrogen (secondary N) is 1. The first-order valence-electron chi connectivity index (χ1n) is 25.2. The number of para-hydroxylation sites is 2. The van der Waals surface area contributed by atoms with E-state index in [1.165, 1.54) is 12.0 Å². The molecule has 0 saturated heterocycles. The normalized spacial score (nSPS) is 14.7. The van der Waals surface area contributed by atoms with Gasteiger partial charge in [0, 0.05) is 26.2 Å². The Kier molecular flexibility index (Phi) is 24.8. The molecule has 1 amide bonds. The molecule has 72 heavy (non-hydrogen) atoms. The minimum atomic E-state index is -0.694. The summed E-state index contributed by atoms with van der Waals surface area (Å²) in [5.41, 5.74) is 3.14. The Balaban J connectivity index is 0.929. The molecule has 392 valence electrons. The quantitative estimate of drug-likeness (QED) is 0.0783. The monoisotopic (exact) mass is 998 g/mol. The van der Waals surface area contributed by atoms with Crippen LogP contribution in [0, 0.1) is 0 Å². The fourth-order valence-electron chi connectivity index (χ4n) is 7.32. The van der Waals surface area contributed by atoms with Crippen LogP contribution in [0.3, 0.4) is 0 Å². The molecule has 0 atom stereocenters. The fourth-order valence-corrected chi connectivity index (χ4v) is 7.32. The molecule has 0 radical (unpaired) electrons. The van der Waals surface area contributed by atoms with Crippen LogP contribution in [0.1, 0.15) is 68.8 Å². The van der Waals surface area contributed by atoms with E-state index in [4.69, 9.17) is 52.1 Å². The van der Waals surface area contributed by atoms with Crippen molar-refractivity contribution in [1.82, 2.24) is 25.2 Å². The highest BCUT2D eigenvalue weighted by Gasteiger charge is 2.23. The van der Waals surface area contributed by atoms with Crippen LogP contribution in [0.5, 0.6) is 28.7 Å². The maximum absolute atomic E-state index is 13.7. The van der Waals surface area contributed by atoms with Gasteiger partial charge >= 0.3 is 6.09 Å². The highest BCUT2D eigenvalue weighted by Crippen LogP contribution is 2.30. The third-order valence-corrected chi connectivity index (χ3v) is 10.9. The number of aryl methyl sites for hydroxylation is 1. The molecule has 1 aromatic heterocycles. The Bertz CT molecular complexity index is 2240. The van der Waals surface area contributed by atoms with Crippen LogP contribution in [-0.4, -0.2) is 131 Å². The Hall–Kier alpha value is -5.95. The minimum absolute atomic E-state index is 0.250. The van der Waals surface area contributed by atoms with Gasteiger partial charge in [-0.1, -0.05) is 78.7 Å². The number of amides is 1. The van der Waals surface area contributed by atoms with E-state index >= 15 is 0 Å².